The van der Waals surface area contributed by atoms with Crippen molar-refractivity contribution in [3.63, 3.8) is 0 Å². The molecule has 0 atom stereocenters. The number of hydrogen-bond donors (Lipinski definition) is 0. The van der Waals surface area contributed by atoms with Crippen LogP contribution in [0.1, 0.15) is 17.0 Å². The molecule has 0 fully saturated rings. The minimum absolute atomic E-state index is 0.202. The smallest absolute Gasteiger partial charge is 0.229 e. The van der Waals surface area contributed by atoms with E-state index in [0.29, 0.717) is 30.6 Å². The molecule has 0 unspecified atom stereocenters. The zero-order chi connectivity index (χ0) is 27.2. The predicted molar refractivity (Wildman–Crippen MR) is 147 cm³/mol. The second-order valence-electron chi connectivity index (χ2n) is 8.83. The first-order valence-electron chi connectivity index (χ1n) is 12.3. The van der Waals surface area contributed by atoms with E-state index in [1.807, 2.05) is 53.4 Å². The number of nitrogens with zero attached hydrogens (tertiary/aromatic N) is 6. The Bertz CT molecular complexity index is 1500. The third-order valence-corrected chi connectivity index (χ3v) is 6.15. The number of aryl methyl sites for hydroxylation is 1. The Hall–Kier alpha value is -4.92. The molecule has 39 heavy (non-hydrogen) atoms. The quantitative estimate of drug-likeness (QED) is 0.229. The number of methoxy groups -OCH3 is 2. The monoisotopic (exact) mass is 522 g/mol. The van der Waals surface area contributed by atoms with E-state index in [4.69, 9.17) is 14.5 Å². The van der Waals surface area contributed by atoms with Gasteiger partial charge in [0.25, 0.3) is 0 Å². The average Bonchev–Trinajstić information content (AvgIpc) is 2.97. The largest absolute Gasteiger partial charge is 0.497 e. The number of benzene rings is 2. The maximum Gasteiger partial charge on any atom is 0.229 e. The zero-order valence-electron chi connectivity index (χ0n) is 21.9. The SMILES string of the molecule is COc1ccc(CN(Cc2ccc(OC)cc2)c2nc(C)nc(-c3ccc(-c4ccncc4)nc3F)n2)cc1. The van der Waals surface area contributed by atoms with Crippen LogP contribution in [0.25, 0.3) is 22.6 Å². The van der Waals surface area contributed by atoms with Crippen molar-refractivity contribution in [1.29, 1.82) is 0 Å². The molecule has 0 spiro atoms. The highest BCUT2D eigenvalue weighted by atomic mass is 19.1. The minimum Gasteiger partial charge on any atom is -0.497 e. The molecule has 8 nitrogen and oxygen atoms in total. The first-order valence-corrected chi connectivity index (χ1v) is 12.3. The summed E-state index contributed by atoms with van der Waals surface area (Å²) in [7, 11) is 3.27. The van der Waals surface area contributed by atoms with Crippen LogP contribution in [-0.4, -0.2) is 39.1 Å². The summed E-state index contributed by atoms with van der Waals surface area (Å²) in [6.45, 7) is 2.80. The van der Waals surface area contributed by atoms with Crippen molar-refractivity contribution in [2.45, 2.75) is 20.0 Å². The number of ether oxygens (including phenoxy) is 2. The van der Waals surface area contributed by atoms with Gasteiger partial charge in [-0.1, -0.05) is 24.3 Å². The summed E-state index contributed by atoms with van der Waals surface area (Å²) in [5.41, 5.74) is 3.56. The van der Waals surface area contributed by atoms with Gasteiger partial charge in [0, 0.05) is 31.0 Å². The summed E-state index contributed by atoms with van der Waals surface area (Å²) in [6, 6.07) is 22.6. The van der Waals surface area contributed by atoms with E-state index in [1.54, 1.807) is 57.8 Å². The van der Waals surface area contributed by atoms with E-state index in [-0.39, 0.29) is 11.4 Å². The molecule has 0 radical (unpaired) electrons. The highest BCUT2D eigenvalue weighted by Gasteiger charge is 2.18. The first kappa shape index (κ1) is 25.7. The molecule has 0 saturated carbocycles. The van der Waals surface area contributed by atoms with E-state index in [2.05, 4.69) is 19.9 Å². The fourth-order valence-corrected chi connectivity index (χ4v) is 4.11. The van der Waals surface area contributed by atoms with Crippen LogP contribution in [0.3, 0.4) is 0 Å². The maximum absolute atomic E-state index is 15.3. The fourth-order valence-electron chi connectivity index (χ4n) is 4.11. The number of aromatic nitrogens is 5. The molecule has 5 aromatic rings. The topological polar surface area (TPSA) is 86.2 Å². The molecule has 196 valence electrons. The second kappa shape index (κ2) is 11.6. The molecule has 0 aliphatic heterocycles. The number of rotatable bonds is 9. The zero-order valence-corrected chi connectivity index (χ0v) is 21.9. The fraction of sp³-hybridized carbons (Fsp3) is 0.167. The van der Waals surface area contributed by atoms with Gasteiger partial charge in [-0.2, -0.15) is 14.4 Å². The highest BCUT2D eigenvalue weighted by Crippen LogP contribution is 2.26. The van der Waals surface area contributed by atoms with Gasteiger partial charge in [-0.25, -0.2) is 9.97 Å². The van der Waals surface area contributed by atoms with Gasteiger partial charge in [-0.05, 0) is 66.6 Å². The van der Waals surface area contributed by atoms with E-state index in [1.165, 1.54) is 0 Å². The Morgan fingerprint density at radius 1 is 0.692 bits per heavy atom. The van der Waals surface area contributed by atoms with Crippen molar-refractivity contribution in [3.8, 4) is 34.1 Å². The van der Waals surface area contributed by atoms with Crippen LogP contribution in [0.2, 0.25) is 0 Å². The third kappa shape index (κ3) is 6.15. The highest BCUT2D eigenvalue weighted by molar-refractivity contribution is 5.63. The maximum atomic E-state index is 15.3. The molecule has 2 aromatic carbocycles. The first-order chi connectivity index (χ1) is 19.0. The third-order valence-electron chi connectivity index (χ3n) is 6.15. The second-order valence-corrected chi connectivity index (χ2v) is 8.83. The van der Waals surface area contributed by atoms with Crippen molar-refractivity contribution in [3.05, 3.63) is 108 Å². The molecular weight excluding hydrogens is 495 g/mol. The summed E-state index contributed by atoms with van der Waals surface area (Å²) in [6.07, 6.45) is 3.29. The molecule has 0 amide bonds. The van der Waals surface area contributed by atoms with Crippen molar-refractivity contribution < 1.29 is 13.9 Å². The molecular formula is C30H27FN6O2. The number of pyridine rings is 2. The van der Waals surface area contributed by atoms with Gasteiger partial charge in [-0.3, -0.25) is 4.98 Å². The standard InChI is InChI=1S/C30H27FN6O2/c1-20-33-29(26-12-13-27(35-28(26)31)23-14-16-32-17-15-23)36-30(34-20)37(18-21-4-8-24(38-2)9-5-21)19-22-6-10-25(39-3)11-7-22/h4-17H,18-19H2,1-3H3. The van der Waals surface area contributed by atoms with Crippen molar-refractivity contribution in [1.82, 2.24) is 24.9 Å². The van der Waals surface area contributed by atoms with E-state index < -0.39 is 5.95 Å². The van der Waals surface area contributed by atoms with Crippen molar-refractivity contribution in [2.75, 3.05) is 19.1 Å². The van der Waals surface area contributed by atoms with Gasteiger partial charge in [-0.15, -0.1) is 0 Å². The molecule has 0 saturated heterocycles. The van der Waals surface area contributed by atoms with Gasteiger partial charge in [0.05, 0.1) is 25.5 Å². The molecule has 0 aliphatic carbocycles. The minimum atomic E-state index is -0.655. The Kier molecular flexibility index (Phi) is 7.68. The van der Waals surface area contributed by atoms with Gasteiger partial charge >= 0.3 is 0 Å². The Morgan fingerprint density at radius 3 is 1.82 bits per heavy atom. The van der Waals surface area contributed by atoms with Gasteiger partial charge in [0.15, 0.2) is 5.82 Å². The lowest BCUT2D eigenvalue weighted by atomic mass is 10.1. The normalized spacial score (nSPS) is 10.8. The Labute approximate surface area is 226 Å². The molecule has 9 heteroatoms. The van der Waals surface area contributed by atoms with Crippen LogP contribution < -0.4 is 14.4 Å². The van der Waals surface area contributed by atoms with Gasteiger partial charge in [0.1, 0.15) is 17.3 Å². The van der Waals surface area contributed by atoms with Crippen LogP contribution in [0.15, 0.2) is 85.2 Å². The summed E-state index contributed by atoms with van der Waals surface area (Å²) in [5, 5.41) is 0. The Balaban J connectivity index is 1.50. The van der Waals surface area contributed by atoms with E-state index >= 15 is 4.39 Å². The van der Waals surface area contributed by atoms with E-state index in [9.17, 15) is 0 Å². The summed E-state index contributed by atoms with van der Waals surface area (Å²) >= 11 is 0. The van der Waals surface area contributed by atoms with Crippen molar-refractivity contribution >= 4 is 5.95 Å². The van der Waals surface area contributed by atoms with Crippen LogP contribution >= 0.6 is 0 Å². The lowest BCUT2D eigenvalue weighted by molar-refractivity contribution is 0.414. The molecule has 0 aliphatic rings. The number of halogens is 1. The summed E-state index contributed by atoms with van der Waals surface area (Å²) in [4.78, 5) is 23.9. The molecule has 3 aromatic heterocycles. The molecule has 5 rings (SSSR count). The summed E-state index contributed by atoms with van der Waals surface area (Å²) < 4.78 is 25.9. The van der Waals surface area contributed by atoms with Gasteiger partial charge in [0.2, 0.25) is 11.9 Å². The summed E-state index contributed by atoms with van der Waals surface area (Å²) in [5.74, 6) is 2.02. The predicted octanol–water partition coefficient (Wildman–Crippen LogP) is 5.67. The van der Waals surface area contributed by atoms with E-state index in [0.717, 1.165) is 28.2 Å². The number of anilines is 1. The lowest BCUT2D eigenvalue weighted by Gasteiger charge is -2.24. The van der Waals surface area contributed by atoms with Crippen LogP contribution in [0.4, 0.5) is 10.3 Å². The van der Waals surface area contributed by atoms with Crippen LogP contribution in [0, 0.1) is 12.9 Å². The lowest BCUT2D eigenvalue weighted by Crippen LogP contribution is -2.25. The molecule has 0 bridgehead atoms. The molecule has 3 heterocycles. The van der Waals surface area contributed by atoms with Crippen molar-refractivity contribution in [2.24, 2.45) is 0 Å². The average molecular weight is 523 g/mol. The Morgan fingerprint density at radius 2 is 1.28 bits per heavy atom. The molecule has 0 N–H and O–H groups in total. The van der Waals surface area contributed by atoms with Gasteiger partial charge < -0.3 is 14.4 Å². The number of hydrogen-bond acceptors (Lipinski definition) is 8. The van der Waals surface area contributed by atoms with Crippen LogP contribution in [-0.2, 0) is 13.1 Å². The van der Waals surface area contributed by atoms with Crippen LogP contribution in [0.5, 0.6) is 11.5 Å².